The van der Waals surface area contributed by atoms with Crippen LogP contribution in [0.15, 0.2) is 43.0 Å². The van der Waals surface area contributed by atoms with E-state index in [2.05, 4.69) is 10.1 Å². The maximum absolute atomic E-state index is 11.1. The molecule has 0 fully saturated rings. The molecule has 0 aliphatic carbocycles. The summed E-state index contributed by atoms with van der Waals surface area (Å²) in [5, 5.41) is 15.2. The maximum Gasteiger partial charge on any atom is 0.137 e. The number of hydrogen-bond acceptors (Lipinski definition) is 4. The number of benzene rings is 1. The number of hydrogen-bond donors (Lipinski definition) is 1. The van der Waals surface area contributed by atoms with Crippen LogP contribution in [-0.2, 0) is 6.54 Å². The highest BCUT2D eigenvalue weighted by atomic mass is 16.5. The van der Waals surface area contributed by atoms with E-state index in [1.165, 1.54) is 6.33 Å². The predicted octanol–water partition coefficient (Wildman–Crippen LogP) is 2.91. The Bertz CT molecular complexity index is 549. The van der Waals surface area contributed by atoms with Gasteiger partial charge >= 0.3 is 0 Å². The van der Waals surface area contributed by atoms with Gasteiger partial charge in [0.05, 0.1) is 18.8 Å². The number of aliphatic hydroxyl groups is 1. The minimum atomic E-state index is -0.860. The molecule has 1 N–H and O–H groups in total. The Labute approximate surface area is 132 Å². The SMILES string of the molecule is CC(C)(C)C(O)(CCCOc1ccccc1)Cn1cncn1. The van der Waals surface area contributed by atoms with Crippen molar-refractivity contribution < 1.29 is 9.84 Å². The molecular formula is C17H25N3O2. The Morgan fingerprint density at radius 2 is 1.91 bits per heavy atom. The average molecular weight is 303 g/mol. The van der Waals surface area contributed by atoms with Crippen LogP contribution in [0.5, 0.6) is 5.75 Å². The van der Waals surface area contributed by atoms with Gasteiger partial charge in [-0.2, -0.15) is 5.10 Å². The number of ether oxygens (including phenoxy) is 1. The first kappa shape index (κ1) is 16.5. The van der Waals surface area contributed by atoms with Gasteiger partial charge in [0, 0.05) is 0 Å². The number of aromatic nitrogens is 3. The zero-order valence-corrected chi connectivity index (χ0v) is 13.6. The molecular weight excluding hydrogens is 278 g/mol. The van der Waals surface area contributed by atoms with E-state index in [1.807, 2.05) is 51.1 Å². The van der Waals surface area contributed by atoms with Crippen molar-refractivity contribution >= 4 is 0 Å². The summed E-state index contributed by atoms with van der Waals surface area (Å²) in [5.74, 6) is 0.859. The summed E-state index contributed by atoms with van der Waals surface area (Å²) in [7, 11) is 0. The van der Waals surface area contributed by atoms with Crippen molar-refractivity contribution in [3.8, 4) is 5.75 Å². The highest BCUT2D eigenvalue weighted by Gasteiger charge is 2.40. The van der Waals surface area contributed by atoms with E-state index in [9.17, 15) is 5.11 Å². The molecule has 1 aromatic heterocycles. The second-order valence-electron chi connectivity index (χ2n) is 6.64. The third-order valence-corrected chi connectivity index (χ3v) is 4.03. The Hall–Kier alpha value is -1.88. The molecule has 1 atom stereocenters. The summed E-state index contributed by atoms with van der Waals surface area (Å²) in [4.78, 5) is 3.94. The average Bonchev–Trinajstić information content (AvgIpc) is 2.96. The Morgan fingerprint density at radius 1 is 1.18 bits per heavy atom. The van der Waals surface area contributed by atoms with Gasteiger partial charge < -0.3 is 9.84 Å². The van der Waals surface area contributed by atoms with Crippen LogP contribution >= 0.6 is 0 Å². The van der Waals surface area contributed by atoms with E-state index in [0.717, 1.165) is 12.2 Å². The fourth-order valence-corrected chi connectivity index (χ4v) is 2.34. The van der Waals surface area contributed by atoms with E-state index >= 15 is 0 Å². The minimum absolute atomic E-state index is 0.258. The fraction of sp³-hybridized carbons (Fsp3) is 0.529. The van der Waals surface area contributed by atoms with Gasteiger partial charge in [-0.25, -0.2) is 4.98 Å². The molecule has 0 radical (unpaired) electrons. The molecule has 2 aromatic rings. The van der Waals surface area contributed by atoms with Gasteiger partial charge in [0.15, 0.2) is 0 Å². The van der Waals surface area contributed by atoms with Gasteiger partial charge in [0.1, 0.15) is 18.4 Å². The minimum Gasteiger partial charge on any atom is -0.494 e. The monoisotopic (exact) mass is 303 g/mol. The van der Waals surface area contributed by atoms with Gasteiger partial charge in [-0.3, -0.25) is 4.68 Å². The summed E-state index contributed by atoms with van der Waals surface area (Å²) < 4.78 is 7.39. The summed E-state index contributed by atoms with van der Waals surface area (Å²) in [5.41, 5.74) is -1.12. The molecule has 0 spiro atoms. The van der Waals surface area contributed by atoms with Crippen LogP contribution < -0.4 is 4.74 Å². The Kier molecular flexibility index (Phi) is 5.19. The molecule has 5 heteroatoms. The van der Waals surface area contributed by atoms with E-state index in [1.54, 1.807) is 11.0 Å². The maximum atomic E-state index is 11.1. The van der Waals surface area contributed by atoms with Crippen molar-refractivity contribution in [3.63, 3.8) is 0 Å². The van der Waals surface area contributed by atoms with E-state index in [0.29, 0.717) is 19.6 Å². The van der Waals surface area contributed by atoms with Crippen molar-refractivity contribution in [3.05, 3.63) is 43.0 Å². The zero-order valence-electron chi connectivity index (χ0n) is 13.6. The first-order chi connectivity index (χ1) is 10.4. The highest BCUT2D eigenvalue weighted by Crippen LogP contribution is 2.35. The molecule has 1 aromatic carbocycles. The first-order valence-corrected chi connectivity index (χ1v) is 7.63. The van der Waals surface area contributed by atoms with E-state index in [4.69, 9.17) is 4.74 Å². The van der Waals surface area contributed by atoms with Gasteiger partial charge in [0.2, 0.25) is 0 Å². The van der Waals surface area contributed by atoms with Crippen molar-refractivity contribution in [1.29, 1.82) is 0 Å². The van der Waals surface area contributed by atoms with Crippen molar-refractivity contribution in [2.24, 2.45) is 5.41 Å². The second-order valence-corrected chi connectivity index (χ2v) is 6.64. The van der Waals surface area contributed by atoms with Crippen LogP contribution in [0.25, 0.3) is 0 Å². The first-order valence-electron chi connectivity index (χ1n) is 7.63. The third kappa shape index (κ3) is 4.31. The predicted molar refractivity (Wildman–Crippen MR) is 85.6 cm³/mol. The van der Waals surface area contributed by atoms with Crippen LogP contribution in [-0.4, -0.2) is 32.1 Å². The number of nitrogens with zero attached hydrogens (tertiary/aromatic N) is 3. The normalized spacial score (nSPS) is 14.5. The number of para-hydroxylation sites is 1. The fourth-order valence-electron chi connectivity index (χ4n) is 2.34. The van der Waals surface area contributed by atoms with Gasteiger partial charge in [-0.1, -0.05) is 39.0 Å². The number of rotatable bonds is 7. The van der Waals surface area contributed by atoms with Gasteiger partial charge in [0.25, 0.3) is 0 Å². The lowest BCUT2D eigenvalue weighted by Crippen LogP contribution is -2.46. The lowest BCUT2D eigenvalue weighted by molar-refractivity contribution is -0.0825. The van der Waals surface area contributed by atoms with Crippen LogP contribution in [0.3, 0.4) is 0 Å². The van der Waals surface area contributed by atoms with Crippen LogP contribution in [0.4, 0.5) is 0 Å². The zero-order chi connectivity index (χ0) is 16.1. The highest BCUT2D eigenvalue weighted by molar-refractivity contribution is 5.20. The largest absolute Gasteiger partial charge is 0.494 e. The second kappa shape index (κ2) is 6.92. The molecule has 0 amide bonds. The smallest absolute Gasteiger partial charge is 0.137 e. The molecule has 0 aliphatic heterocycles. The molecule has 0 aliphatic rings. The van der Waals surface area contributed by atoms with E-state index < -0.39 is 5.60 Å². The van der Waals surface area contributed by atoms with Crippen LogP contribution in [0.1, 0.15) is 33.6 Å². The molecule has 0 saturated heterocycles. The van der Waals surface area contributed by atoms with Crippen LogP contribution in [0, 0.1) is 5.41 Å². The Balaban J connectivity index is 1.90. The topological polar surface area (TPSA) is 60.2 Å². The van der Waals surface area contributed by atoms with Crippen LogP contribution in [0.2, 0.25) is 0 Å². The molecule has 5 nitrogen and oxygen atoms in total. The molecule has 120 valence electrons. The molecule has 22 heavy (non-hydrogen) atoms. The summed E-state index contributed by atoms with van der Waals surface area (Å²) in [6.45, 7) is 7.15. The lowest BCUT2D eigenvalue weighted by Gasteiger charge is -2.40. The standard InChI is InChI=1S/C17H25N3O2/c1-16(2,3)17(21,12-20-14-18-13-19-20)10-7-11-22-15-8-5-4-6-9-15/h4-6,8-9,13-14,21H,7,10-12H2,1-3H3. The van der Waals surface area contributed by atoms with E-state index in [-0.39, 0.29) is 5.41 Å². The molecule has 0 saturated carbocycles. The Morgan fingerprint density at radius 3 is 2.50 bits per heavy atom. The molecule has 1 heterocycles. The lowest BCUT2D eigenvalue weighted by atomic mass is 9.73. The van der Waals surface area contributed by atoms with Crippen molar-refractivity contribution in [2.45, 2.75) is 45.8 Å². The summed E-state index contributed by atoms with van der Waals surface area (Å²) in [6.07, 6.45) is 4.54. The molecule has 2 rings (SSSR count). The summed E-state index contributed by atoms with van der Waals surface area (Å²) >= 11 is 0. The third-order valence-electron chi connectivity index (χ3n) is 4.03. The molecule has 0 bridgehead atoms. The quantitative estimate of drug-likeness (QED) is 0.799. The summed E-state index contributed by atoms with van der Waals surface area (Å²) in [6, 6.07) is 9.73. The van der Waals surface area contributed by atoms with Gasteiger partial charge in [-0.15, -0.1) is 0 Å². The molecule has 1 unspecified atom stereocenters. The van der Waals surface area contributed by atoms with Crippen molar-refractivity contribution in [1.82, 2.24) is 14.8 Å². The van der Waals surface area contributed by atoms with Gasteiger partial charge in [-0.05, 0) is 30.4 Å². The van der Waals surface area contributed by atoms with Crippen molar-refractivity contribution in [2.75, 3.05) is 6.61 Å².